The Bertz CT molecular complexity index is 327. The van der Waals surface area contributed by atoms with E-state index >= 15 is 0 Å². The van der Waals surface area contributed by atoms with E-state index in [1.54, 1.807) is 19.2 Å². The monoisotopic (exact) mass is 257 g/mol. The SMILES string of the molecule is COCCCOCCOCc1c(N)cccc1F. The van der Waals surface area contributed by atoms with E-state index in [-0.39, 0.29) is 12.4 Å². The fourth-order valence-corrected chi connectivity index (χ4v) is 1.43. The standard InChI is InChI=1S/C13H20FNO3/c1-16-6-3-7-17-8-9-18-10-11-12(14)4-2-5-13(11)15/h2,4-5H,3,6-10,15H2,1H3. The molecule has 0 fully saturated rings. The quantitative estimate of drug-likeness (QED) is 0.543. The molecule has 0 spiro atoms. The first-order valence-corrected chi connectivity index (χ1v) is 5.93. The fourth-order valence-electron chi connectivity index (χ4n) is 1.43. The van der Waals surface area contributed by atoms with Crippen molar-refractivity contribution < 1.29 is 18.6 Å². The Kier molecular flexibility index (Phi) is 7.32. The number of ether oxygens (including phenoxy) is 3. The number of halogens is 1. The fraction of sp³-hybridized carbons (Fsp3) is 0.538. The van der Waals surface area contributed by atoms with Crippen LogP contribution in [0.4, 0.5) is 10.1 Å². The molecule has 0 bridgehead atoms. The predicted octanol–water partition coefficient (Wildman–Crippen LogP) is 1.98. The lowest BCUT2D eigenvalue weighted by Crippen LogP contribution is -2.08. The molecular weight excluding hydrogens is 237 g/mol. The Hall–Kier alpha value is -1.17. The number of methoxy groups -OCH3 is 1. The van der Waals surface area contributed by atoms with Crippen LogP contribution in [0.2, 0.25) is 0 Å². The number of rotatable bonds is 9. The van der Waals surface area contributed by atoms with Gasteiger partial charge in [-0.15, -0.1) is 0 Å². The molecule has 18 heavy (non-hydrogen) atoms. The van der Waals surface area contributed by atoms with Crippen LogP contribution in [0.3, 0.4) is 0 Å². The van der Waals surface area contributed by atoms with Crippen molar-refractivity contribution in [2.75, 3.05) is 39.3 Å². The Balaban J connectivity index is 2.11. The van der Waals surface area contributed by atoms with E-state index in [2.05, 4.69) is 0 Å². The molecule has 0 aromatic heterocycles. The van der Waals surface area contributed by atoms with Crippen molar-refractivity contribution in [2.24, 2.45) is 0 Å². The third-order valence-corrected chi connectivity index (χ3v) is 2.41. The number of benzene rings is 1. The second-order valence-corrected chi connectivity index (χ2v) is 3.82. The zero-order valence-corrected chi connectivity index (χ0v) is 10.7. The average molecular weight is 257 g/mol. The van der Waals surface area contributed by atoms with Gasteiger partial charge in [0.05, 0.1) is 19.8 Å². The zero-order chi connectivity index (χ0) is 13.2. The van der Waals surface area contributed by atoms with Gasteiger partial charge in [-0.2, -0.15) is 0 Å². The van der Waals surface area contributed by atoms with Crippen LogP contribution in [0.1, 0.15) is 12.0 Å². The average Bonchev–Trinajstić information content (AvgIpc) is 2.35. The van der Waals surface area contributed by atoms with E-state index in [1.807, 2.05) is 0 Å². The van der Waals surface area contributed by atoms with Crippen LogP contribution in [0, 0.1) is 5.82 Å². The molecule has 0 saturated carbocycles. The number of hydrogen-bond donors (Lipinski definition) is 1. The van der Waals surface area contributed by atoms with Crippen molar-refractivity contribution in [3.05, 3.63) is 29.6 Å². The molecule has 0 aliphatic carbocycles. The lowest BCUT2D eigenvalue weighted by molar-refractivity contribution is 0.0331. The van der Waals surface area contributed by atoms with Crippen LogP contribution in [-0.2, 0) is 20.8 Å². The summed E-state index contributed by atoms with van der Waals surface area (Å²) in [5.41, 5.74) is 6.46. The van der Waals surface area contributed by atoms with E-state index in [1.165, 1.54) is 6.07 Å². The Morgan fingerprint density at radius 3 is 2.61 bits per heavy atom. The lowest BCUT2D eigenvalue weighted by Gasteiger charge is -2.08. The van der Waals surface area contributed by atoms with Crippen molar-refractivity contribution >= 4 is 5.69 Å². The largest absolute Gasteiger partial charge is 0.398 e. The highest BCUT2D eigenvalue weighted by Gasteiger charge is 2.05. The predicted molar refractivity (Wildman–Crippen MR) is 67.8 cm³/mol. The molecule has 0 radical (unpaired) electrons. The highest BCUT2D eigenvalue weighted by atomic mass is 19.1. The molecule has 4 nitrogen and oxygen atoms in total. The summed E-state index contributed by atoms with van der Waals surface area (Å²) >= 11 is 0. The molecule has 1 rings (SSSR count). The molecule has 0 heterocycles. The van der Waals surface area contributed by atoms with Crippen LogP contribution in [0.5, 0.6) is 0 Å². The molecule has 0 aliphatic heterocycles. The summed E-state index contributed by atoms with van der Waals surface area (Å²) in [4.78, 5) is 0. The van der Waals surface area contributed by atoms with Gasteiger partial charge in [0.2, 0.25) is 0 Å². The van der Waals surface area contributed by atoms with E-state index in [9.17, 15) is 4.39 Å². The number of nitrogen functional groups attached to an aromatic ring is 1. The number of hydrogen-bond acceptors (Lipinski definition) is 4. The van der Waals surface area contributed by atoms with Crippen molar-refractivity contribution in [1.29, 1.82) is 0 Å². The first-order valence-electron chi connectivity index (χ1n) is 5.93. The van der Waals surface area contributed by atoms with Crippen molar-refractivity contribution in [1.82, 2.24) is 0 Å². The van der Waals surface area contributed by atoms with Gasteiger partial charge >= 0.3 is 0 Å². The number of anilines is 1. The van der Waals surface area contributed by atoms with Gasteiger partial charge in [0.1, 0.15) is 5.82 Å². The summed E-state index contributed by atoms with van der Waals surface area (Å²) in [6.07, 6.45) is 0.858. The molecule has 102 valence electrons. The smallest absolute Gasteiger partial charge is 0.130 e. The molecule has 0 atom stereocenters. The van der Waals surface area contributed by atoms with Gasteiger partial charge < -0.3 is 19.9 Å². The van der Waals surface area contributed by atoms with Crippen molar-refractivity contribution in [2.45, 2.75) is 13.0 Å². The maximum atomic E-state index is 13.4. The van der Waals surface area contributed by atoms with Gasteiger partial charge in [-0.1, -0.05) is 6.07 Å². The topological polar surface area (TPSA) is 53.7 Å². The van der Waals surface area contributed by atoms with Gasteiger partial charge in [0.25, 0.3) is 0 Å². The molecule has 2 N–H and O–H groups in total. The molecule has 1 aromatic carbocycles. The molecule has 0 aliphatic rings. The zero-order valence-electron chi connectivity index (χ0n) is 10.7. The molecule has 0 saturated heterocycles. The molecule has 0 unspecified atom stereocenters. The van der Waals surface area contributed by atoms with Gasteiger partial charge in [-0.05, 0) is 18.6 Å². The second kappa shape index (κ2) is 8.85. The van der Waals surface area contributed by atoms with Gasteiger partial charge in [-0.25, -0.2) is 4.39 Å². The van der Waals surface area contributed by atoms with Crippen LogP contribution < -0.4 is 5.73 Å². The molecule has 1 aromatic rings. The van der Waals surface area contributed by atoms with Crippen LogP contribution >= 0.6 is 0 Å². The maximum Gasteiger partial charge on any atom is 0.130 e. The summed E-state index contributed by atoms with van der Waals surface area (Å²) in [7, 11) is 1.65. The first-order chi connectivity index (χ1) is 8.75. The van der Waals surface area contributed by atoms with E-state index in [0.29, 0.717) is 37.7 Å². The summed E-state index contributed by atoms with van der Waals surface area (Å²) in [6.45, 7) is 2.39. The van der Waals surface area contributed by atoms with E-state index in [0.717, 1.165) is 6.42 Å². The van der Waals surface area contributed by atoms with Crippen molar-refractivity contribution in [3.8, 4) is 0 Å². The van der Waals surface area contributed by atoms with Gasteiger partial charge in [0.15, 0.2) is 0 Å². The first kappa shape index (κ1) is 14.9. The summed E-state index contributed by atoms with van der Waals surface area (Å²) in [5.74, 6) is -0.337. The minimum atomic E-state index is -0.337. The summed E-state index contributed by atoms with van der Waals surface area (Å²) in [5, 5.41) is 0. The van der Waals surface area contributed by atoms with Crippen LogP contribution in [-0.4, -0.2) is 33.5 Å². The van der Waals surface area contributed by atoms with Crippen LogP contribution in [0.25, 0.3) is 0 Å². The minimum Gasteiger partial charge on any atom is -0.398 e. The Morgan fingerprint density at radius 1 is 1.11 bits per heavy atom. The highest BCUT2D eigenvalue weighted by molar-refractivity contribution is 5.46. The Labute approximate surface area is 107 Å². The van der Waals surface area contributed by atoms with E-state index in [4.69, 9.17) is 19.9 Å². The van der Waals surface area contributed by atoms with Gasteiger partial charge in [0, 0.05) is 31.6 Å². The molecule has 5 heteroatoms. The highest BCUT2D eigenvalue weighted by Crippen LogP contribution is 2.16. The summed E-state index contributed by atoms with van der Waals surface area (Å²) < 4.78 is 28.9. The third kappa shape index (κ3) is 5.44. The third-order valence-electron chi connectivity index (χ3n) is 2.41. The van der Waals surface area contributed by atoms with E-state index < -0.39 is 0 Å². The minimum absolute atomic E-state index is 0.167. The normalized spacial score (nSPS) is 10.8. The molecule has 0 amide bonds. The molecular formula is C13H20FNO3. The van der Waals surface area contributed by atoms with Crippen LogP contribution in [0.15, 0.2) is 18.2 Å². The summed E-state index contributed by atoms with van der Waals surface area (Å²) in [6, 6.07) is 4.60. The Morgan fingerprint density at radius 2 is 1.89 bits per heavy atom. The maximum absolute atomic E-state index is 13.4. The van der Waals surface area contributed by atoms with Gasteiger partial charge in [-0.3, -0.25) is 0 Å². The number of nitrogens with two attached hydrogens (primary N) is 1. The van der Waals surface area contributed by atoms with Crippen molar-refractivity contribution in [3.63, 3.8) is 0 Å². The second-order valence-electron chi connectivity index (χ2n) is 3.82. The lowest BCUT2D eigenvalue weighted by atomic mass is 10.2.